The molecule has 5 heteroatoms. The van der Waals surface area contributed by atoms with Gasteiger partial charge in [-0.25, -0.2) is 0 Å². The molecular weight excluding hydrogens is 306 g/mol. The molecule has 0 N–H and O–H groups in total. The highest BCUT2D eigenvalue weighted by Gasteiger charge is 2.25. The number of hydrogen-bond acceptors (Lipinski definition) is 4. The number of nitrogens with zero attached hydrogens (tertiary/aromatic N) is 3. The third-order valence-electron chi connectivity index (χ3n) is 4.69. The Morgan fingerprint density at radius 1 is 1.30 bits per heavy atom. The fraction of sp³-hybridized carbons (Fsp3) is 0.444. The Balaban J connectivity index is 1.77. The summed E-state index contributed by atoms with van der Waals surface area (Å²) in [7, 11) is 4.06. The van der Waals surface area contributed by atoms with Crippen LogP contribution < -0.4 is 0 Å². The standard InChI is InChI=1S/C18H23N3OS/c1-13-16(4-5-17(19-13)14-8-11-23-12-14)18(22)21(3)15-6-9-20(2)10-7-15/h4-5,8,11-12,15H,6-7,9-10H2,1-3H3. The van der Waals surface area contributed by atoms with Crippen LogP contribution in [0.1, 0.15) is 28.9 Å². The topological polar surface area (TPSA) is 36.4 Å². The molecule has 0 aromatic carbocycles. The number of piperidine rings is 1. The molecule has 2 aromatic heterocycles. The summed E-state index contributed by atoms with van der Waals surface area (Å²) in [5.74, 6) is 0.0846. The van der Waals surface area contributed by atoms with Crippen LogP contribution in [0.25, 0.3) is 11.3 Å². The molecule has 1 amide bonds. The molecule has 4 nitrogen and oxygen atoms in total. The fourth-order valence-corrected chi connectivity index (χ4v) is 3.75. The quantitative estimate of drug-likeness (QED) is 0.867. The van der Waals surface area contributed by atoms with E-state index in [0.29, 0.717) is 11.6 Å². The second-order valence-corrected chi connectivity index (χ2v) is 7.07. The van der Waals surface area contributed by atoms with Crippen LogP contribution in [-0.2, 0) is 0 Å². The molecule has 1 saturated heterocycles. The summed E-state index contributed by atoms with van der Waals surface area (Å²) < 4.78 is 0. The number of rotatable bonds is 3. The van der Waals surface area contributed by atoms with Gasteiger partial charge in [-0.3, -0.25) is 9.78 Å². The Hall–Kier alpha value is -1.72. The number of aryl methyl sites for hydroxylation is 1. The van der Waals surface area contributed by atoms with Crippen molar-refractivity contribution in [3.8, 4) is 11.3 Å². The first-order valence-electron chi connectivity index (χ1n) is 8.02. The zero-order valence-corrected chi connectivity index (χ0v) is 14.8. The summed E-state index contributed by atoms with van der Waals surface area (Å²) in [5.41, 5.74) is 3.56. The van der Waals surface area contributed by atoms with E-state index in [0.717, 1.165) is 42.9 Å². The van der Waals surface area contributed by atoms with E-state index >= 15 is 0 Å². The Morgan fingerprint density at radius 3 is 2.65 bits per heavy atom. The van der Waals surface area contributed by atoms with Gasteiger partial charge in [-0.15, -0.1) is 0 Å². The van der Waals surface area contributed by atoms with Crippen molar-refractivity contribution in [2.45, 2.75) is 25.8 Å². The first kappa shape index (κ1) is 16.1. The number of amides is 1. The van der Waals surface area contributed by atoms with Crippen molar-refractivity contribution in [1.82, 2.24) is 14.8 Å². The van der Waals surface area contributed by atoms with Gasteiger partial charge in [0.2, 0.25) is 0 Å². The number of thiophene rings is 1. The molecule has 2 aromatic rings. The zero-order valence-electron chi connectivity index (χ0n) is 14.0. The third-order valence-corrected chi connectivity index (χ3v) is 5.37. The van der Waals surface area contributed by atoms with Crippen molar-refractivity contribution in [1.29, 1.82) is 0 Å². The highest BCUT2D eigenvalue weighted by atomic mass is 32.1. The minimum Gasteiger partial charge on any atom is -0.339 e. The summed E-state index contributed by atoms with van der Waals surface area (Å²) in [6, 6.07) is 6.25. The highest BCUT2D eigenvalue weighted by molar-refractivity contribution is 7.08. The molecule has 0 bridgehead atoms. The van der Waals surface area contributed by atoms with Gasteiger partial charge in [-0.1, -0.05) is 0 Å². The van der Waals surface area contributed by atoms with Crippen molar-refractivity contribution < 1.29 is 4.79 Å². The van der Waals surface area contributed by atoms with Crippen LogP contribution in [0.3, 0.4) is 0 Å². The van der Waals surface area contributed by atoms with Crippen molar-refractivity contribution >= 4 is 17.2 Å². The van der Waals surface area contributed by atoms with Crippen LogP contribution >= 0.6 is 11.3 Å². The van der Waals surface area contributed by atoms with Gasteiger partial charge < -0.3 is 9.80 Å². The second-order valence-electron chi connectivity index (χ2n) is 6.29. The largest absolute Gasteiger partial charge is 0.339 e. The number of pyridine rings is 1. The van der Waals surface area contributed by atoms with Crippen LogP contribution in [0.2, 0.25) is 0 Å². The molecule has 1 aliphatic heterocycles. The molecule has 0 spiro atoms. The molecular formula is C18H23N3OS. The van der Waals surface area contributed by atoms with Crippen molar-refractivity contribution in [3.63, 3.8) is 0 Å². The highest BCUT2D eigenvalue weighted by Crippen LogP contribution is 2.23. The predicted molar refractivity (Wildman–Crippen MR) is 94.9 cm³/mol. The third kappa shape index (κ3) is 3.46. The van der Waals surface area contributed by atoms with Crippen LogP contribution in [0.15, 0.2) is 29.0 Å². The van der Waals surface area contributed by atoms with E-state index in [-0.39, 0.29) is 5.91 Å². The van der Waals surface area contributed by atoms with Gasteiger partial charge in [0.15, 0.2) is 0 Å². The van der Waals surface area contributed by atoms with Gasteiger partial charge in [0.25, 0.3) is 5.91 Å². The van der Waals surface area contributed by atoms with E-state index in [4.69, 9.17) is 0 Å². The van der Waals surface area contributed by atoms with Gasteiger partial charge in [0.05, 0.1) is 17.0 Å². The second kappa shape index (κ2) is 6.81. The van der Waals surface area contributed by atoms with E-state index in [9.17, 15) is 4.79 Å². The lowest BCUT2D eigenvalue weighted by Crippen LogP contribution is -2.44. The van der Waals surface area contributed by atoms with Crippen LogP contribution in [0, 0.1) is 6.92 Å². The average molecular weight is 329 g/mol. The van der Waals surface area contributed by atoms with E-state index < -0.39 is 0 Å². The molecule has 3 rings (SSSR count). The van der Waals surface area contributed by atoms with Gasteiger partial charge >= 0.3 is 0 Å². The molecule has 0 atom stereocenters. The summed E-state index contributed by atoms with van der Waals surface area (Å²) in [5, 5.41) is 4.12. The summed E-state index contributed by atoms with van der Waals surface area (Å²) in [6.45, 7) is 4.03. The Bertz CT molecular complexity index is 676. The van der Waals surface area contributed by atoms with Gasteiger partial charge in [-0.05, 0) is 63.5 Å². The molecule has 1 fully saturated rings. The normalized spacial score (nSPS) is 16.5. The van der Waals surface area contributed by atoms with E-state index in [1.165, 1.54) is 0 Å². The maximum atomic E-state index is 12.8. The van der Waals surface area contributed by atoms with Gasteiger partial charge in [0.1, 0.15) is 0 Å². The first-order chi connectivity index (χ1) is 11.1. The molecule has 3 heterocycles. The lowest BCUT2D eigenvalue weighted by molar-refractivity contribution is 0.0658. The maximum absolute atomic E-state index is 12.8. The molecule has 0 radical (unpaired) electrons. The molecule has 0 unspecified atom stereocenters. The lowest BCUT2D eigenvalue weighted by atomic mass is 10.0. The minimum absolute atomic E-state index is 0.0846. The number of likely N-dealkylation sites (tertiary alicyclic amines) is 1. The fourth-order valence-electron chi connectivity index (χ4n) is 3.10. The van der Waals surface area contributed by atoms with Gasteiger partial charge in [0, 0.05) is 24.0 Å². The summed E-state index contributed by atoms with van der Waals surface area (Å²) >= 11 is 1.66. The van der Waals surface area contributed by atoms with Crippen molar-refractivity contribution in [3.05, 3.63) is 40.2 Å². The number of carbonyl (C=O) groups excluding carboxylic acids is 1. The first-order valence-corrected chi connectivity index (χ1v) is 8.96. The SMILES string of the molecule is Cc1nc(-c2ccsc2)ccc1C(=O)N(C)C1CCN(C)CC1. The number of hydrogen-bond donors (Lipinski definition) is 0. The van der Waals surface area contributed by atoms with E-state index in [2.05, 4.69) is 28.4 Å². The monoisotopic (exact) mass is 329 g/mol. The van der Waals surface area contributed by atoms with Crippen molar-refractivity contribution in [2.75, 3.05) is 27.2 Å². The molecule has 122 valence electrons. The number of aromatic nitrogens is 1. The molecule has 0 saturated carbocycles. The van der Waals surface area contributed by atoms with Crippen LogP contribution in [0.5, 0.6) is 0 Å². The molecule has 1 aliphatic rings. The average Bonchev–Trinajstić information content (AvgIpc) is 3.08. The smallest absolute Gasteiger partial charge is 0.255 e. The Morgan fingerprint density at radius 2 is 2.04 bits per heavy atom. The van der Waals surface area contributed by atoms with Crippen LogP contribution in [-0.4, -0.2) is 53.9 Å². The predicted octanol–water partition coefficient (Wildman–Crippen LogP) is 3.28. The number of carbonyl (C=O) groups is 1. The van der Waals surface area contributed by atoms with Crippen LogP contribution in [0.4, 0.5) is 0 Å². The van der Waals surface area contributed by atoms with E-state index in [1.807, 2.05) is 36.4 Å². The Labute approximate surface area is 141 Å². The summed E-state index contributed by atoms with van der Waals surface area (Å²) in [6.07, 6.45) is 2.08. The maximum Gasteiger partial charge on any atom is 0.255 e. The summed E-state index contributed by atoms with van der Waals surface area (Å²) in [4.78, 5) is 21.7. The minimum atomic E-state index is 0.0846. The molecule has 23 heavy (non-hydrogen) atoms. The Kier molecular flexibility index (Phi) is 4.78. The molecule has 0 aliphatic carbocycles. The van der Waals surface area contributed by atoms with E-state index in [1.54, 1.807) is 11.3 Å². The van der Waals surface area contributed by atoms with Gasteiger partial charge in [-0.2, -0.15) is 11.3 Å². The lowest BCUT2D eigenvalue weighted by Gasteiger charge is -2.35. The van der Waals surface area contributed by atoms with Crippen molar-refractivity contribution in [2.24, 2.45) is 0 Å². The zero-order chi connectivity index (χ0) is 16.4.